The molecule has 1 aromatic rings. The Morgan fingerprint density at radius 3 is 2.94 bits per heavy atom. The summed E-state index contributed by atoms with van der Waals surface area (Å²) in [6.45, 7) is 1.45. The topological polar surface area (TPSA) is 67.8 Å². The second-order valence-corrected chi connectivity index (χ2v) is 4.32. The number of carboxylic acid groups (broad SMARTS) is 1. The number of carbonyl (C=O) groups is 1. The Bertz CT molecular complexity index is 460. The van der Waals surface area contributed by atoms with Crippen LogP contribution in [-0.2, 0) is 4.79 Å². The van der Waals surface area contributed by atoms with E-state index in [1.165, 1.54) is 0 Å². The number of ether oxygens (including phenoxy) is 2. The Labute approximate surface area is 98.3 Å². The molecule has 0 radical (unpaired) electrons. The molecule has 90 valence electrons. The molecule has 1 saturated heterocycles. The second-order valence-electron chi connectivity index (χ2n) is 4.32. The van der Waals surface area contributed by atoms with Crippen LogP contribution in [0.2, 0.25) is 0 Å². The van der Waals surface area contributed by atoms with Gasteiger partial charge in [-0.25, -0.2) is 0 Å². The first kappa shape index (κ1) is 10.4. The van der Waals surface area contributed by atoms with E-state index in [-0.39, 0.29) is 18.6 Å². The van der Waals surface area contributed by atoms with Crippen molar-refractivity contribution < 1.29 is 19.4 Å². The molecule has 1 fully saturated rings. The minimum absolute atomic E-state index is 0.00185. The maximum atomic E-state index is 11.1. The van der Waals surface area contributed by atoms with Crippen molar-refractivity contribution in [3.63, 3.8) is 0 Å². The van der Waals surface area contributed by atoms with E-state index in [9.17, 15) is 4.79 Å². The molecule has 3 rings (SSSR count). The molecule has 0 aliphatic carbocycles. The molecule has 2 heterocycles. The molecule has 0 spiro atoms. The largest absolute Gasteiger partial charge is 0.481 e. The molecule has 1 aromatic carbocycles. The lowest BCUT2D eigenvalue weighted by Crippen LogP contribution is -2.20. The third kappa shape index (κ3) is 1.72. The van der Waals surface area contributed by atoms with Gasteiger partial charge in [0.05, 0.1) is 5.92 Å². The molecule has 2 atom stereocenters. The van der Waals surface area contributed by atoms with Crippen LogP contribution in [-0.4, -0.2) is 31.0 Å². The van der Waals surface area contributed by atoms with Crippen molar-refractivity contribution in [2.45, 2.75) is 5.92 Å². The number of hydrogen-bond donors (Lipinski definition) is 2. The molecular formula is C12H13NO4. The third-order valence-corrected chi connectivity index (χ3v) is 3.36. The van der Waals surface area contributed by atoms with Gasteiger partial charge >= 0.3 is 5.97 Å². The highest BCUT2D eigenvalue weighted by molar-refractivity contribution is 5.72. The van der Waals surface area contributed by atoms with E-state index >= 15 is 0 Å². The molecule has 0 amide bonds. The van der Waals surface area contributed by atoms with Gasteiger partial charge in [0.1, 0.15) is 0 Å². The number of benzene rings is 1. The minimum Gasteiger partial charge on any atom is -0.481 e. The lowest BCUT2D eigenvalue weighted by Gasteiger charge is -2.15. The fourth-order valence-electron chi connectivity index (χ4n) is 2.43. The second kappa shape index (κ2) is 3.92. The van der Waals surface area contributed by atoms with Crippen LogP contribution in [0.15, 0.2) is 18.2 Å². The van der Waals surface area contributed by atoms with Crippen LogP contribution < -0.4 is 14.8 Å². The van der Waals surface area contributed by atoms with E-state index in [0.29, 0.717) is 18.8 Å². The van der Waals surface area contributed by atoms with E-state index in [4.69, 9.17) is 14.6 Å². The highest BCUT2D eigenvalue weighted by Gasteiger charge is 2.34. The van der Waals surface area contributed by atoms with Crippen LogP contribution in [0.25, 0.3) is 0 Å². The van der Waals surface area contributed by atoms with Crippen LogP contribution in [0.4, 0.5) is 0 Å². The molecule has 5 heteroatoms. The lowest BCUT2D eigenvalue weighted by atomic mass is 9.89. The highest BCUT2D eigenvalue weighted by atomic mass is 16.7. The Morgan fingerprint density at radius 1 is 1.29 bits per heavy atom. The molecule has 0 saturated carbocycles. The van der Waals surface area contributed by atoms with Crippen LogP contribution >= 0.6 is 0 Å². The molecular weight excluding hydrogens is 222 g/mol. The first-order valence-electron chi connectivity index (χ1n) is 5.59. The van der Waals surface area contributed by atoms with E-state index in [1.54, 1.807) is 0 Å². The quantitative estimate of drug-likeness (QED) is 0.793. The van der Waals surface area contributed by atoms with Crippen molar-refractivity contribution in [1.82, 2.24) is 5.32 Å². The summed E-state index contributed by atoms with van der Waals surface area (Å²) in [6.07, 6.45) is 0. The van der Waals surface area contributed by atoms with Gasteiger partial charge in [-0.1, -0.05) is 6.07 Å². The van der Waals surface area contributed by atoms with E-state index < -0.39 is 5.97 Å². The molecule has 0 aromatic heterocycles. The number of fused-ring (bicyclic) bond motifs is 1. The Morgan fingerprint density at radius 2 is 2.12 bits per heavy atom. The predicted octanol–water partition coefficient (Wildman–Crippen LogP) is 0.803. The Balaban J connectivity index is 1.91. The fourth-order valence-corrected chi connectivity index (χ4v) is 2.43. The number of rotatable bonds is 2. The zero-order chi connectivity index (χ0) is 11.8. The van der Waals surface area contributed by atoms with Gasteiger partial charge in [-0.2, -0.15) is 0 Å². The van der Waals surface area contributed by atoms with Crippen molar-refractivity contribution in [1.29, 1.82) is 0 Å². The molecule has 2 N–H and O–H groups in total. The molecule has 2 aliphatic rings. The van der Waals surface area contributed by atoms with Gasteiger partial charge in [-0.3, -0.25) is 4.79 Å². The molecule has 0 bridgehead atoms. The van der Waals surface area contributed by atoms with Crippen LogP contribution in [0.3, 0.4) is 0 Å². The van der Waals surface area contributed by atoms with Crippen molar-refractivity contribution >= 4 is 5.97 Å². The first-order chi connectivity index (χ1) is 8.25. The zero-order valence-corrected chi connectivity index (χ0v) is 9.18. The Kier molecular flexibility index (Phi) is 2.40. The van der Waals surface area contributed by atoms with Crippen LogP contribution in [0.1, 0.15) is 11.5 Å². The summed E-state index contributed by atoms with van der Waals surface area (Å²) in [7, 11) is 0. The van der Waals surface area contributed by atoms with Crippen molar-refractivity contribution in [3.8, 4) is 11.5 Å². The summed E-state index contributed by atoms with van der Waals surface area (Å²) in [5, 5.41) is 12.3. The minimum atomic E-state index is -0.752. The average Bonchev–Trinajstić information content (AvgIpc) is 2.96. The summed E-state index contributed by atoms with van der Waals surface area (Å²) < 4.78 is 10.5. The van der Waals surface area contributed by atoms with Gasteiger partial charge in [0.25, 0.3) is 0 Å². The lowest BCUT2D eigenvalue weighted by molar-refractivity contribution is -0.141. The van der Waals surface area contributed by atoms with Gasteiger partial charge < -0.3 is 19.9 Å². The number of nitrogens with one attached hydrogen (secondary N) is 1. The summed E-state index contributed by atoms with van der Waals surface area (Å²) >= 11 is 0. The Hall–Kier alpha value is -1.75. The molecule has 2 aliphatic heterocycles. The fraction of sp³-hybridized carbons (Fsp3) is 0.417. The zero-order valence-electron chi connectivity index (χ0n) is 9.18. The molecule has 5 nitrogen and oxygen atoms in total. The van der Waals surface area contributed by atoms with Gasteiger partial charge in [-0.15, -0.1) is 0 Å². The predicted molar refractivity (Wildman–Crippen MR) is 59.3 cm³/mol. The smallest absolute Gasteiger partial charge is 0.308 e. The van der Waals surface area contributed by atoms with Crippen LogP contribution in [0, 0.1) is 5.92 Å². The maximum Gasteiger partial charge on any atom is 0.308 e. The average molecular weight is 235 g/mol. The summed E-state index contributed by atoms with van der Waals surface area (Å²) in [5.41, 5.74) is 0.992. The van der Waals surface area contributed by atoms with Crippen molar-refractivity contribution in [3.05, 3.63) is 23.8 Å². The number of hydrogen-bond acceptors (Lipinski definition) is 4. The monoisotopic (exact) mass is 235 g/mol. The maximum absolute atomic E-state index is 11.1. The highest BCUT2D eigenvalue weighted by Crippen LogP contribution is 2.37. The number of carboxylic acids is 1. The van der Waals surface area contributed by atoms with Gasteiger partial charge in [0.15, 0.2) is 11.5 Å². The van der Waals surface area contributed by atoms with Gasteiger partial charge in [0, 0.05) is 19.0 Å². The standard InChI is InChI=1S/C12H13NO4/c14-12(15)9-5-13-4-8(9)7-1-2-10-11(3-7)17-6-16-10/h1-3,8-9,13H,4-6H2,(H,14,15)/t8-,9+/m1/s1. The summed E-state index contributed by atoms with van der Waals surface area (Å²) in [4.78, 5) is 11.1. The third-order valence-electron chi connectivity index (χ3n) is 3.36. The van der Waals surface area contributed by atoms with Crippen molar-refractivity contribution in [2.24, 2.45) is 5.92 Å². The summed E-state index contributed by atoms with van der Waals surface area (Å²) in [6, 6.07) is 5.64. The van der Waals surface area contributed by atoms with E-state index in [2.05, 4.69) is 5.32 Å². The van der Waals surface area contributed by atoms with Gasteiger partial charge in [-0.05, 0) is 17.7 Å². The molecule has 17 heavy (non-hydrogen) atoms. The van der Waals surface area contributed by atoms with Crippen molar-refractivity contribution in [2.75, 3.05) is 19.9 Å². The number of aliphatic carboxylic acids is 1. The molecule has 0 unspecified atom stereocenters. The SMILES string of the molecule is O=C(O)[C@H]1CNC[C@@H]1c1ccc2c(c1)OCO2. The van der Waals surface area contributed by atoms with Crippen LogP contribution in [0.5, 0.6) is 11.5 Å². The first-order valence-corrected chi connectivity index (χ1v) is 5.59. The summed E-state index contributed by atoms with van der Waals surface area (Å²) in [5.74, 6) is 0.320. The normalized spacial score (nSPS) is 26.1. The van der Waals surface area contributed by atoms with E-state index in [1.807, 2.05) is 18.2 Å². The van der Waals surface area contributed by atoms with Gasteiger partial charge in [0.2, 0.25) is 6.79 Å². The van der Waals surface area contributed by atoms with E-state index in [0.717, 1.165) is 11.3 Å².